The van der Waals surface area contributed by atoms with Crippen molar-refractivity contribution in [1.82, 2.24) is 0 Å². The minimum atomic E-state index is -0.402. The molecule has 1 unspecified atom stereocenters. The first kappa shape index (κ1) is 17.8. The second-order valence-corrected chi connectivity index (χ2v) is 7.07. The van der Waals surface area contributed by atoms with Crippen LogP contribution in [0.3, 0.4) is 0 Å². The largest absolute Gasteiger partial charge is 0.325 e. The van der Waals surface area contributed by atoms with Crippen LogP contribution < -0.4 is 10.2 Å². The Balaban J connectivity index is 1.75. The zero-order valence-corrected chi connectivity index (χ0v) is 15.5. The lowest BCUT2D eigenvalue weighted by molar-refractivity contribution is -0.122. The summed E-state index contributed by atoms with van der Waals surface area (Å²) in [4.78, 5) is 26.5. The number of carbonyl (C=O) groups is 2. The maximum atomic E-state index is 12.6. The molecule has 2 aromatic rings. The number of hydrogen-bond donors (Lipinski definition) is 1. The molecule has 1 saturated heterocycles. The van der Waals surface area contributed by atoms with E-state index >= 15 is 0 Å². The van der Waals surface area contributed by atoms with Crippen molar-refractivity contribution < 1.29 is 9.59 Å². The van der Waals surface area contributed by atoms with Crippen LogP contribution in [0.5, 0.6) is 0 Å². The first-order valence-electron chi connectivity index (χ1n) is 7.99. The number of carbonyl (C=O) groups excluding carboxylic acids is 2. The molecule has 2 aromatic carbocycles. The summed E-state index contributed by atoms with van der Waals surface area (Å²) in [5.74, 6) is -0.644. The van der Waals surface area contributed by atoms with Gasteiger partial charge >= 0.3 is 0 Å². The van der Waals surface area contributed by atoms with Crippen molar-refractivity contribution in [3.05, 3.63) is 57.6 Å². The van der Waals surface area contributed by atoms with Gasteiger partial charge in [-0.25, -0.2) is 0 Å². The molecular formula is C19H18Cl2N2O2. The van der Waals surface area contributed by atoms with Crippen LogP contribution in [0.15, 0.2) is 36.4 Å². The average molecular weight is 377 g/mol. The third kappa shape index (κ3) is 3.65. The number of benzene rings is 2. The quantitative estimate of drug-likeness (QED) is 0.850. The van der Waals surface area contributed by atoms with Crippen molar-refractivity contribution in [2.45, 2.75) is 20.3 Å². The minimum absolute atomic E-state index is 0.0972. The number of rotatable bonds is 3. The summed E-state index contributed by atoms with van der Waals surface area (Å²) in [6.45, 7) is 4.22. The van der Waals surface area contributed by atoms with Gasteiger partial charge in [0.15, 0.2) is 0 Å². The number of aryl methyl sites for hydroxylation is 2. The molecule has 3 rings (SSSR count). The van der Waals surface area contributed by atoms with E-state index in [1.54, 1.807) is 23.1 Å². The van der Waals surface area contributed by atoms with Crippen LogP contribution in [0.1, 0.15) is 17.5 Å². The molecule has 1 aliphatic heterocycles. The van der Waals surface area contributed by atoms with Crippen LogP contribution in [0, 0.1) is 19.8 Å². The van der Waals surface area contributed by atoms with Crippen LogP contribution in [-0.2, 0) is 9.59 Å². The highest BCUT2D eigenvalue weighted by Gasteiger charge is 2.35. The standard InChI is InChI=1S/C19H18Cl2N2O2/c1-11-4-3-5-12(2)18(11)22-19(25)13-8-17(24)23(10-13)14-6-7-15(20)16(21)9-14/h3-7,9,13H,8,10H2,1-2H3,(H,22,25). The van der Waals surface area contributed by atoms with E-state index in [2.05, 4.69) is 5.32 Å². The Morgan fingerprint density at radius 2 is 1.80 bits per heavy atom. The molecule has 25 heavy (non-hydrogen) atoms. The van der Waals surface area contributed by atoms with Crippen molar-refractivity contribution in [2.24, 2.45) is 5.92 Å². The molecule has 2 amide bonds. The average Bonchev–Trinajstić information content (AvgIpc) is 2.95. The third-order valence-corrected chi connectivity index (χ3v) is 5.18. The van der Waals surface area contributed by atoms with Gasteiger partial charge in [-0.2, -0.15) is 0 Å². The highest BCUT2D eigenvalue weighted by Crippen LogP contribution is 2.31. The van der Waals surface area contributed by atoms with Crippen LogP contribution in [-0.4, -0.2) is 18.4 Å². The second kappa shape index (κ2) is 7.06. The smallest absolute Gasteiger partial charge is 0.229 e. The normalized spacial score (nSPS) is 17.0. The first-order chi connectivity index (χ1) is 11.9. The van der Waals surface area contributed by atoms with E-state index in [4.69, 9.17) is 23.2 Å². The zero-order valence-electron chi connectivity index (χ0n) is 14.0. The van der Waals surface area contributed by atoms with E-state index < -0.39 is 5.92 Å². The van der Waals surface area contributed by atoms with Crippen molar-refractivity contribution in [3.8, 4) is 0 Å². The summed E-state index contributed by atoms with van der Waals surface area (Å²) in [5, 5.41) is 3.78. The van der Waals surface area contributed by atoms with Gasteiger partial charge in [0.2, 0.25) is 11.8 Å². The number of para-hydroxylation sites is 1. The topological polar surface area (TPSA) is 49.4 Å². The third-order valence-electron chi connectivity index (χ3n) is 4.44. The van der Waals surface area contributed by atoms with Gasteiger partial charge < -0.3 is 10.2 Å². The fraction of sp³-hybridized carbons (Fsp3) is 0.263. The number of nitrogens with zero attached hydrogens (tertiary/aromatic N) is 1. The summed E-state index contributed by atoms with van der Waals surface area (Å²) in [7, 11) is 0. The monoisotopic (exact) mass is 376 g/mol. The number of anilines is 2. The molecule has 0 saturated carbocycles. The van der Waals surface area contributed by atoms with Gasteiger partial charge in [0.1, 0.15) is 0 Å². The summed E-state index contributed by atoms with van der Waals surface area (Å²) in [5.41, 5.74) is 3.47. The molecule has 0 spiro atoms. The molecular weight excluding hydrogens is 359 g/mol. The predicted molar refractivity (Wildman–Crippen MR) is 101 cm³/mol. The van der Waals surface area contributed by atoms with E-state index in [0.717, 1.165) is 16.8 Å². The Kier molecular flexibility index (Phi) is 5.02. The van der Waals surface area contributed by atoms with Gasteiger partial charge in [-0.1, -0.05) is 41.4 Å². The lowest BCUT2D eigenvalue weighted by Crippen LogP contribution is -2.28. The van der Waals surface area contributed by atoms with Gasteiger partial charge in [-0.15, -0.1) is 0 Å². The fourth-order valence-corrected chi connectivity index (χ4v) is 3.31. The number of halogens is 2. The van der Waals surface area contributed by atoms with Crippen molar-refractivity contribution in [2.75, 3.05) is 16.8 Å². The Hall–Kier alpha value is -2.04. The first-order valence-corrected chi connectivity index (χ1v) is 8.75. The summed E-state index contributed by atoms with van der Waals surface area (Å²) < 4.78 is 0. The molecule has 0 aromatic heterocycles. The van der Waals surface area contributed by atoms with Crippen molar-refractivity contribution >= 4 is 46.4 Å². The number of amides is 2. The molecule has 1 fully saturated rings. The maximum Gasteiger partial charge on any atom is 0.229 e. The van der Waals surface area contributed by atoms with Gasteiger partial charge in [0.05, 0.1) is 16.0 Å². The molecule has 130 valence electrons. The Morgan fingerprint density at radius 1 is 1.12 bits per heavy atom. The summed E-state index contributed by atoms with van der Waals surface area (Å²) >= 11 is 12.0. The van der Waals surface area contributed by atoms with E-state index in [9.17, 15) is 9.59 Å². The number of hydrogen-bond acceptors (Lipinski definition) is 2. The van der Waals surface area contributed by atoms with Gasteiger partial charge in [0, 0.05) is 24.3 Å². The highest BCUT2D eigenvalue weighted by atomic mass is 35.5. The molecule has 1 atom stereocenters. The molecule has 4 nitrogen and oxygen atoms in total. The van der Waals surface area contributed by atoms with E-state index in [1.807, 2.05) is 32.0 Å². The Bertz CT molecular complexity index is 831. The highest BCUT2D eigenvalue weighted by molar-refractivity contribution is 6.42. The van der Waals surface area contributed by atoms with E-state index in [1.165, 1.54) is 0 Å². The number of nitrogens with one attached hydrogen (secondary N) is 1. The van der Waals surface area contributed by atoms with Crippen LogP contribution >= 0.6 is 23.2 Å². The molecule has 1 heterocycles. The molecule has 1 aliphatic rings. The van der Waals surface area contributed by atoms with Gasteiger partial charge in [0.25, 0.3) is 0 Å². The molecule has 0 aliphatic carbocycles. The second-order valence-electron chi connectivity index (χ2n) is 6.26. The molecule has 0 radical (unpaired) electrons. The maximum absolute atomic E-state index is 12.6. The summed E-state index contributed by atoms with van der Waals surface area (Å²) in [6, 6.07) is 10.9. The summed E-state index contributed by atoms with van der Waals surface area (Å²) in [6.07, 6.45) is 0.178. The van der Waals surface area contributed by atoms with Crippen molar-refractivity contribution in [1.29, 1.82) is 0 Å². The lowest BCUT2D eigenvalue weighted by Gasteiger charge is -2.18. The predicted octanol–water partition coefficient (Wildman–Crippen LogP) is 4.60. The van der Waals surface area contributed by atoms with Crippen molar-refractivity contribution in [3.63, 3.8) is 0 Å². The van der Waals surface area contributed by atoms with E-state index in [-0.39, 0.29) is 18.2 Å². The van der Waals surface area contributed by atoms with Gasteiger partial charge in [-0.05, 0) is 43.2 Å². The molecule has 6 heteroatoms. The Labute approximate surface area is 156 Å². The molecule has 1 N–H and O–H groups in total. The zero-order chi connectivity index (χ0) is 18.1. The van der Waals surface area contributed by atoms with E-state index in [0.29, 0.717) is 22.3 Å². The SMILES string of the molecule is Cc1cccc(C)c1NC(=O)C1CC(=O)N(c2ccc(Cl)c(Cl)c2)C1. The molecule has 0 bridgehead atoms. The van der Waals surface area contributed by atoms with Crippen LogP contribution in [0.4, 0.5) is 11.4 Å². The fourth-order valence-electron chi connectivity index (χ4n) is 3.02. The van der Waals surface area contributed by atoms with Crippen LogP contribution in [0.2, 0.25) is 10.0 Å². The van der Waals surface area contributed by atoms with Crippen LogP contribution in [0.25, 0.3) is 0 Å². The lowest BCUT2D eigenvalue weighted by atomic mass is 10.1. The van der Waals surface area contributed by atoms with Gasteiger partial charge in [-0.3, -0.25) is 9.59 Å². The minimum Gasteiger partial charge on any atom is -0.325 e. The Morgan fingerprint density at radius 3 is 2.44 bits per heavy atom.